The largest absolute Gasteiger partial charge is 0.487 e. The van der Waals surface area contributed by atoms with Gasteiger partial charge in [-0.2, -0.15) is 0 Å². The van der Waals surface area contributed by atoms with E-state index in [0.29, 0.717) is 11.7 Å². The van der Waals surface area contributed by atoms with Crippen molar-refractivity contribution in [2.75, 3.05) is 13.2 Å². The summed E-state index contributed by atoms with van der Waals surface area (Å²) < 4.78 is 16.6. The summed E-state index contributed by atoms with van der Waals surface area (Å²) in [5.41, 5.74) is 0. The maximum atomic E-state index is 10.1. The summed E-state index contributed by atoms with van der Waals surface area (Å²) in [6, 6.07) is 0. The van der Waals surface area contributed by atoms with Crippen LogP contribution in [0, 0.1) is 0 Å². The van der Waals surface area contributed by atoms with Crippen LogP contribution in [0.5, 0.6) is 0 Å². The monoisotopic (exact) mass is 374 g/mol. The summed E-state index contributed by atoms with van der Waals surface area (Å²) in [6.45, 7) is 7.12. The van der Waals surface area contributed by atoms with E-state index in [0.717, 1.165) is 38.7 Å². The van der Waals surface area contributed by atoms with Gasteiger partial charge in [0.05, 0.1) is 25.4 Å². The maximum absolute atomic E-state index is 10.1. The fourth-order valence-electron chi connectivity index (χ4n) is 3.19. The van der Waals surface area contributed by atoms with Crippen molar-refractivity contribution in [3.8, 4) is 0 Å². The van der Waals surface area contributed by atoms with Gasteiger partial charge in [0.2, 0.25) is 0 Å². The number of hydrogen-bond acceptors (Lipinski definition) is 5. The molecule has 0 bridgehead atoms. The highest BCUT2D eigenvalue weighted by atomic mass is 32.1. The Labute approximate surface area is 159 Å². The molecule has 1 fully saturated rings. The quantitative estimate of drug-likeness (QED) is 0.336. The maximum Gasteiger partial charge on any atom is 0.163 e. The summed E-state index contributed by atoms with van der Waals surface area (Å²) in [6.07, 6.45) is 12.4. The highest BCUT2D eigenvalue weighted by Crippen LogP contribution is 2.25. The molecule has 1 saturated heterocycles. The Hall–Kier alpha value is -0.230. The lowest BCUT2D eigenvalue weighted by atomic mass is 10.0. The predicted octanol–water partition coefficient (Wildman–Crippen LogP) is 5.15. The van der Waals surface area contributed by atoms with Gasteiger partial charge in [0.25, 0.3) is 0 Å². The first-order chi connectivity index (χ1) is 11.9. The van der Waals surface area contributed by atoms with E-state index < -0.39 is 5.79 Å². The SMILES string of the molecule is CC(=S)OCCCCCCCCCCC(O)CCC1COC(C)(C)O1. The van der Waals surface area contributed by atoms with Crippen LogP contribution in [0.25, 0.3) is 0 Å². The number of hydrogen-bond donors (Lipinski definition) is 1. The Morgan fingerprint density at radius 2 is 1.68 bits per heavy atom. The minimum atomic E-state index is -0.453. The first kappa shape index (κ1) is 22.8. The summed E-state index contributed by atoms with van der Waals surface area (Å²) in [7, 11) is 0. The molecule has 0 spiro atoms. The number of aliphatic hydroxyl groups is 1. The molecule has 25 heavy (non-hydrogen) atoms. The molecule has 0 radical (unpaired) electrons. The Morgan fingerprint density at radius 1 is 1.08 bits per heavy atom. The Bertz CT molecular complexity index is 360. The van der Waals surface area contributed by atoms with Crippen molar-refractivity contribution in [1.29, 1.82) is 0 Å². The highest BCUT2D eigenvalue weighted by Gasteiger charge is 2.32. The summed E-state index contributed by atoms with van der Waals surface area (Å²) in [4.78, 5) is 0. The number of unbranched alkanes of at least 4 members (excludes halogenated alkanes) is 7. The number of aliphatic hydroxyl groups excluding tert-OH is 1. The molecule has 1 aliphatic rings. The van der Waals surface area contributed by atoms with Crippen molar-refractivity contribution >= 4 is 17.3 Å². The second kappa shape index (κ2) is 13.0. The first-order valence-corrected chi connectivity index (χ1v) is 10.4. The number of rotatable bonds is 14. The summed E-state index contributed by atoms with van der Waals surface area (Å²) in [5.74, 6) is -0.453. The van der Waals surface area contributed by atoms with Crippen molar-refractivity contribution in [1.82, 2.24) is 0 Å². The molecule has 0 aromatic rings. The zero-order chi connectivity index (χ0) is 18.5. The lowest BCUT2D eigenvalue weighted by Crippen LogP contribution is -2.22. The molecule has 0 aromatic carbocycles. The third kappa shape index (κ3) is 12.7. The smallest absolute Gasteiger partial charge is 0.163 e. The Morgan fingerprint density at radius 3 is 2.24 bits per heavy atom. The van der Waals surface area contributed by atoms with Crippen LogP contribution >= 0.6 is 12.2 Å². The first-order valence-electron chi connectivity index (χ1n) is 10.0. The lowest BCUT2D eigenvalue weighted by molar-refractivity contribution is -0.139. The topological polar surface area (TPSA) is 47.9 Å². The molecule has 1 N–H and O–H groups in total. The minimum Gasteiger partial charge on any atom is -0.487 e. The molecule has 0 aliphatic carbocycles. The van der Waals surface area contributed by atoms with E-state index in [1.165, 1.54) is 38.5 Å². The van der Waals surface area contributed by atoms with E-state index in [9.17, 15) is 5.11 Å². The summed E-state index contributed by atoms with van der Waals surface area (Å²) in [5, 5.41) is 10.7. The normalized spacial score (nSPS) is 20.6. The molecule has 1 heterocycles. The average Bonchev–Trinajstić information content (AvgIpc) is 2.89. The van der Waals surface area contributed by atoms with Crippen LogP contribution in [-0.2, 0) is 14.2 Å². The van der Waals surface area contributed by atoms with Gasteiger partial charge in [0.1, 0.15) is 0 Å². The molecule has 5 heteroatoms. The van der Waals surface area contributed by atoms with Crippen molar-refractivity contribution in [3.05, 3.63) is 0 Å². The molecule has 0 amide bonds. The van der Waals surface area contributed by atoms with Gasteiger partial charge >= 0.3 is 0 Å². The Balaban J connectivity index is 1.82. The lowest BCUT2D eigenvalue weighted by Gasteiger charge is -2.18. The van der Waals surface area contributed by atoms with E-state index in [1.807, 2.05) is 20.8 Å². The van der Waals surface area contributed by atoms with Crippen LogP contribution in [0.4, 0.5) is 0 Å². The van der Waals surface area contributed by atoms with E-state index in [-0.39, 0.29) is 12.2 Å². The predicted molar refractivity (Wildman–Crippen MR) is 106 cm³/mol. The van der Waals surface area contributed by atoms with Crippen LogP contribution in [-0.4, -0.2) is 41.4 Å². The highest BCUT2D eigenvalue weighted by molar-refractivity contribution is 7.80. The molecule has 2 unspecified atom stereocenters. The third-order valence-corrected chi connectivity index (χ3v) is 4.74. The fraction of sp³-hybridized carbons (Fsp3) is 0.950. The van der Waals surface area contributed by atoms with Crippen LogP contribution in [0.1, 0.15) is 91.4 Å². The van der Waals surface area contributed by atoms with Crippen molar-refractivity contribution in [2.45, 2.75) is 109 Å². The van der Waals surface area contributed by atoms with Crippen LogP contribution in [0.15, 0.2) is 0 Å². The van der Waals surface area contributed by atoms with Crippen molar-refractivity contribution in [3.63, 3.8) is 0 Å². The zero-order valence-electron chi connectivity index (χ0n) is 16.4. The summed E-state index contributed by atoms with van der Waals surface area (Å²) >= 11 is 4.88. The second-order valence-corrected chi connectivity index (χ2v) is 8.21. The van der Waals surface area contributed by atoms with Crippen LogP contribution in [0.2, 0.25) is 0 Å². The van der Waals surface area contributed by atoms with E-state index in [2.05, 4.69) is 0 Å². The van der Waals surface area contributed by atoms with Gasteiger partial charge in [-0.05, 0) is 51.7 Å². The van der Waals surface area contributed by atoms with Gasteiger partial charge in [-0.15, -0.1) is 0 Å². The molecular formula is C20H38O4S. The van der Waals surface area contributed by atoms with Gasteiger partial charge in [-0.1, -0.05) is 44.9 Å². The van der Waals surface area contributed by atoms with E-state index in [1.54, 1.807) is 0 Å². The molecule has 0 aromatic heterocycles. The van der Waals surface area contributed by atoms with E-state index >= 15 is 0 Å². The molecule has 4 nitrogen and oxygen atoms in total. The average molecular weight is 375 g/mol. The van der Waals surface area contributed by atoms with Gasteiger partial charge < -0.3 is 19.3 Å². The van der Waals surface area contributed by atoms with E-state index in [4.69, 9.17) is 26.4 Å². The number of ether oxygens (including phenoxy) is 3. The molecule has 2 atom stereocenters. The zero-order valence-corrected chi connectivity index (χ0v) is 17.2. The van der Waals surface area contributed by atoms with Gasteiger partial charge in [0.15, 0.2) is 10.8 Å². The van der Waals surface area contributed by atoms with Crippen molar-refractivity contribution in [2.24, 2.45) is 0 Å². The molecule has 1 rings (SSSR count). The van der Waals surface area contributed by atoms with Gasteiger partial charge in [-0.25, -0.2) is 0 Å². The molecule has 148 valence electrons. The molecule has 0 saturated carbocycles. The second-order valence-electron chi connectivity index (χ2n) is 7.64. The van der Waals surface area contributed by atoms with Crippen LogP contribution in [0.3, 0.4) is 0 Å². The Kier molecular flexibility index (Phi) is 11.9. The van der Waals surface area contributed by atoms with Crippen molar-refractivity contribution < 1.29 is 19.3 Å². The molecule has 1 aliphatic heterocycles. The van der Waals surface area contributed by atoms with Gasteiger partial charge in [-0.3, -0.25) is 0 Å². The standard InChI is InChI=1S/C20H38O4S/c1-17(25)22-15-11-9-7-5-4-6-8-10-12-18(21)13-14-19-16-23-20(2,3)24-19/h18-19,21H,4-16H2,1-3H3. The van der Waals surface area contributed by atoms with Gasteiger partial charge in [0, 0.05) is 6.92 Å². The number of thiocarbonyl (C=S) groups is 1. The third-order valence-electron chi connectivity index (χ3n) is 4.63. The fourth-order valence-corrected chi connectivity index (χ4v) is 3.27. The molecular weight excluding hydrogens is 336 g/mol. The van der Waals surface area contributed by atoms with Crippen LogP contribution < -0.4 is 0 Å². The minimum absolute atomic E-state index is 0.142.